The molecule has 2 saturated heterocycles. The quantitative estimate of drug-likeness (QED) is 0.823. The predicted octanol–water partition coefficient (Wildman–Crippen LogP) is 1.62. The van der Waals surface area contributed by atoms with Crippen LogP contribution in [0.4, 0.5) is 4.39 Å². The first kappa shape index (κ1) is 17.8. The summed E-state index contributed by atoms with van der Waals surface area (Å²) >= 11 is 0. The van der Waals surface area contributed by atoms with Crippen molar-refractivity contribution >= 4 is 10.0 Å². The highest BCUT2D eigenvalue weighted by Gasteiger charge is 2.31. The first-order valence-electron chi connectivity index (χ1n) is 8.66. The van der Waals surface area contributed by atoms with E-state index in [0.29, 0.717) is 32.2 Å². The van der Waals surface area contributed by atoms with Crippen molar-refractivity contribution in [3.63, 3.8) is 0 Å². The molecule has 0 aliphatic carbocycles. The molecule has 2 fully saturated rings. The van der Waals surface area contributed by atoms with Gasteiger partial charge in [0, 0.05) is 38.8 Å². The van der Waals surface area contributed by atoms with Crippen LogP contribution in [-0.4, -0.2) is 74.9 Å². The molecular formula is C17H26FN3O2S. The molecule has 134 valence electrons. The Kier molecular flexibility index (Phi) is 5.54. The van der Waals surface area contributed by atoms with Crippen molar-refractivity contribution in [2.45, 2.75) is 30.2 Å². The van der Waals surface area contributed by atoms with E-state index in [0.717, 1.165) is 13.1 Å². The number of nitrogens with zero attached hydrogens (tertiary/aromatic N) is 3. The average Bonchev–Trinajstić information content (AvgIpc) is 2.58. The molecule has 0 radical (unpaired) electrons. The molecule has 24 heavy (non-hydrogen) atoms. The first-order valence-corrected chi connectivity index (χ1v) is 10.1. The highest BCUT2D eigenvalue weighted by Crippen LogP contribution is 2.21. The molecule has 0 saturated carbocycles. The second-order valence-electron chi connectivity index (χ2n) is 6.77. The molecule has 0 aromatic heterocycles. The fourth-order valence-corrected chi connectivity index (χ4v) is 5.11. The zero-order chi connectivity index (χ0) is 17.2. The van der Waals surface area contributed by atoms with E-state index in [1.54, 1.807) is 6.07 Å². The fourth-order valence-electron chi connectivity index (χ4n) is 3.62. The van der Waals surface area contributed by atoms with E-state index < -0.39 is 15.8 Å². The summed E-state index contributed by atoms with van der Waals surface area (Å²) in [5.74, 6) is -0.677. The second-order valence-corrected chi connectivity index (χ2v) is 8.67. The molecule has 7 heteroatoms. The van der Waals surface area contributed by atoms with E-state index in [9.17, 15) is 12.8 Å². The molecule has 2 aliphatic rings. The van der Waals surface area contributed by atoms with E-state index in [2.05, 4.69) is 16.8 Å². The summed E-state index contributed by atoms with van der Waals surface area (Å²) in [5, 5.41) is 0. The smallest absolute Gasteiger partial charge is 0.246 e. The van der Waals surface area contributed by atoms with Crippen LogP contribution in [0.25, 0.3) is 0 Å². The lowest BCUT2D eigenvalue weighted by atomic mass is 10.0. The van der Waals surface area contributed by atoms with Crippen molar-refractivity contribution in [3.05, 3.63) is 30.1 Å². The molecule has 1 atom stereocenters. The molecule has 0 amide bonds. The van der Waals surface area contributed by atoms with Crippen molar-refractivity contribution in [2.75, 3.05) is 46.3 Å². The van der Waals surface area contributed by atoms with E-state index in [-0.39, 0.29) is 4.90 Å². The topological polar surface area (TPSA) is 43.9 Å². The van der Waals surface area contributed by atoms with E-state index in [4.69, 9.17) is 0 Å². The number of piperidine rings is 1. The Labute approximate surface area is 144 Å². The molecule has 2 heterocycles. The van der Waals surface area contributed by atoms with Gasteiger partial charge in [-0.25, -0.2) is 12.8 Å². The molecule has 5 nitrogen and oxygen atoms in total. The number of hydrogen-bond acceptors (Lipinski definition) is 4. The highest BCUT2D eigenvalue weighted by atomic mass is 32.2. The van der Waals surface area contributed by atoms with Crippen molar-refractivity contribution < 1.29 is 12.8 Å². The molecule has 3 rings (SSSR count). The monoisotopic (exact) mass is 355 g/mol. The maximum absolute atomic E-state index is 13.8. The van der Waals surface area contributed by atoms with Gasteiger partial charge < -0.3 is 4.90 Å². The average molecular weight is 355 g/mol. The summed E-state index contributed by atoms with van der Waals surface area (Å²) in [7, 11) is -1.57. The third-order valence-corrected chi connectivity index (χ3v) is 7.11. The van der Waals surface area contributed by atoms with Crippen LogP contribution in [0.2, 0.25) is 0 Å². The minimum Gasteiger partial charge on any atom is -0.302 e. The Balaban J connectivity index is 1.59. The van der Waals surface area contributed by atoms with Crippen molar-refractivity contribution in [2.24, 2.45) is 0 Å². The van der Waals surface area contributed by atoms with Gasteiger partial charge >= 0.3 is 0 Å². The van der Waals surface area contributed by atoms with Gasteiger partial charge in [0.2, 0.25) is 10.0 Å². The molecule has 1 aromatic carbocycles. The van der Waals surface area contributed by atoms with Gasteiger partial charge in [0.15, 0.2) is 0 Å². The van der Waals surface area contributed by atoms with Gasteiger partial charge in [-0.3, -0.25) is 4.90 Å². The fraction of sp³-hybridized carbons (Fsp3) is 0.647. The molecule has 1 aromatic rings. The summed E-state index contributed by atoms with van der Waals surface area (Å²) < 4.78 is 40.5. The van der Waals surface area contributed by atoms with Crippen molar-refractivity contribution in [1.82, 2.24) is 14.1 Å². The largest absolute Gasteiger partial charge is 0.302 e. The molecule has 0 spiro atoms. The zero-order valence-corrected chi connectivity index (χ0v) is 15.0. The Morgan fingerprint density at radius 2 is 1.79 bits per heavy atom. The van der Waals surface area contributed by atoms with Crippen LogP contribution >= 0.6 is 0 Å². The minimum atomic E-state index is -3.74. The van der Waals surface area contributed by atoms with E-state index in [1.165, 1.54) is 41.8 Å². The number of hydrogen-bond donors (Lipinski definition) is 0. The van der Waals surface area contributed by atoms with E-state index in [1.807, 2.05) is 0 Å². The van der Waals surface area contributed by atoms with Crippen LogP contribution in [0.1, 0.15) is 19.3 Å². The van der Waals surface area contributed by atoms with Gasteiger partial charge in [0.05, 0.1) is 0 Å². The lowest BCUT2D eigenvalue weighted by Crippen LogP contribution is -2.53. The van der Waals surface area contributed by atoms with Crippen LogP contribution in [0.5, 0.6) is 0 Å². The molecule has 0 N–H and O–H groups in total. The summed E-state index contributed by atoms with van der Waals surface area (Å²) in [6, 6.07) is 6.17. The molecule has 0 unspecified atom stereocenters. The van der Waals surface area contributed by atoms with Gasteiger partial charge in [-0.15, -0.1) is 0 Å². The van der Waals surface area contributed by atoms with Gasteiger partial charge in [-0.1, -0.05) is 18.6 Å². The Bertz CT molecular complexity index is 660. The number of likely N-dealkylation sites (N-methyl/N-ethyl adjacent to an activating group) is 1. The number of benzene rings is 1. The number of likely N-dealkylation sites (tertiary alicyclic amines) is 1. The summed E-state index contributed by atoms with van der Waals surface area (Å²) in [6.07, 6.45) is 3.75. The van der Waals surface area contributed by atoms with Crippen molar-refractivity contribution in [3.8, 4) is 0 Å². The number of piperazine rings is 1. The summed E-state index contributed by atoms with van der Waals surface area (Å²) in [5.41, 5.74) is 0. The lowest BCUT2D eigenvalue weighted by molar-refractivity contribution is 0.106. The number of halogens is 1. The van der Waals surface area contributed by atoms with Gasteiger partial charge in [-0.05, 0) is 38.6 Å². The minimum absolute atomic E-state index is 0.217. The van der Waals surface area contributed by atoms with Gasteiger partial charge in [0.1, 0.15) is 10.7 Å². The Hall–Kier alpha value is -1.02. The lowest BCUT2D eigenvalue weighted by Gasteiger charge is -2.39. The Morgan fingerprint density at radius 1 is 1.08 bits per heavy atom. The standard InChI is InChI=1S/C17H26FN3O2S/c1-19-9-5-4-6-15(19)14-20-10-12-21(13-11-20)24(22,23)17-8-3-2-7-16(17)18/h2-3,7-8,15H,4-6,9-14H2,1H3/t15-/m1/s1. The predicted molar refractivity (Wildman–Crippen MR) is 91.9 cm³/mol. The van der Waals surface area contributed by atoms with Crippen LogP contribution in [-0.2, 0) is 10.0 Å². The van der Waals surface area contributed by atoms with Crippen LogP contribution in [0, 0.1) is 5.82 Å². The molecular weight excluding hydrogens is 329 g/mol. The second kappa shape index (κ2) is 7.47. The van der Waals surface area contributed by atoms with Crippen LogP contribution < -0.4 is 0 Å². The Morgan fingerprint density at radius 3 is 2.46 bits per heavy atom. The van der Waals surface area contributed by atoms with Gasteiger partial charge in [-0.2, -0.15) is 4.31 Å². The first-order chi connectivity index (χ1) is 11.5. The third-order valence-electron chi connectivity index (χ3n) is 5.18. The highest BCUT2D eigenvalue weighted by molar-refractivity contribution is 7.89. The summed E-state index contributed by atoms with van der Waals surface area (Å²) in [4.78, 5) is 4.52. The maximum Gasteiger partial charge on any atom is 0.246 e. The normalized spacial score (nSPS) is 25.0. The number of rotatable bonds is 4. The SMILES string of the molecule is CN1CCCC[C@@H]1CN1CCN(S(=O)(=O)c2ccccc2F)CC1. The third kappa shape index (κ3) is 3.79. The molecule has 0 bridgehead atoms. The van der Waals surface area contributed by atoms with Crippen LogP contribution in [0.3, 0.4) is 0 Å². The van der Waals surface area contributed by atoms with Crippen LogP contribution in [0.15, 0.2) is 29.2 Å². The zero-order valence-electron chi connectivity index (χ0n) is 14.2. The van der Waals surface area contributed by atoms with E-state index >= 15 is 0 Å². The van der Waals surface area contributed by atoms with Crippen molar-refractivity contribution in [1.29, 1.82) is 0 Å². The van der Waals surface area contributed by atoms with Gasteiger partial charge in [0.25, 0.3) is 0 Å². The maximum atomic E-state index is 13.8. The summed E-state index contributed by atoms with van der Waals surface area (Å²) in [6.45, 7) is 4.40. The number of sulfonamides is 1. The molecule has 2 aliphatic heterocycles.